The van der Waals surface area contributed by atoms with Gasteiger partial charge in [0.25, 0.3) is 0 Å². The van der Waals surface area contributed by atoms with Crippen molar-refractivity contribution in [2.24, 2.45) is 5.92 Å². The lowest BCUT2D eigenvalue weighted by Crippen LogP contribution is -2.45. The summed E-state index contributed by atoms with van der Waals surface area (Å²) in [6.07, 6.45) is 4.16. The summed E-state index contributed by atoms with van der Waals surface area (Å²) < 4.78 is 1.58. The first-order valence-electron chi connectivity index (χ1n) is 11.3. The minimum absolute atomic E-state index is 0.0259. The van der Waals surface area contributed by atoms with Crippen LogP contribution >= 0.6 is 11.3 Å². The van der Waals surface area contributed by atoms with Crippen LogP contribution in [0.4, 0.5) is 0 Å². The largest absolute Gasteiger partial charge is 0.354 e. The van der Waals surface area contributed by atoms with Gasteiger partial charge in [-0.3, -0.25) is 14.6 Å². The summed E-state index contributed by atoms with van der Waals surface area (Å²) in [5.41, 5.74) is 2.15. The molecule has 1 aromatic carbocycles. The summed E-state index contributed by atoms with van der Waals surface area (Å²) in [6, 6.07) is 14.2. The minimum Gasteiger partial charge on any atom is -0.354 e. The number of hydrogen-bond donors (Lipinski definition) is 1. The highest BCUT2D eigenvalue weighted by atomic mass is 32.1. The molecule has 1 N–H and O–H groups in total. The molecule has 4 aromatic rings. The molecule has 0 radical (unpaired) electrons. The number of carbonyl (C=O) groups is 2. The molecule has 34 heavy (non-hydrogen) atoms. The number of fused-ring (bicyclic) bond motifs is 1. The van der Waals surface area contributed by atoms with Crippen molar-refractivity contribution >= 4 is 34.2 Å². The smallest absolute Gasteiger partial charge is 0.247 e. The highest BCUT2D eigenvalue weighted by Gasteiger charge is 2.32. The lowest BCUT2D eigenvalue weighted by molar-refractivity contribution is -0.142. The van der Waals surface area contributed by atoms with Crippen LogP contribution in [0.3, 0.4) is 0 Å². The van der Waals surface area contributed by atoms with E-state index in [2.05, 4.69) is 34.5 Å². The van der Waals surface area contributed by atoms with Crippen molar-refractivity contribution in [3.05, 3.63) is 76.7 Å². The SMILES string of the molecule is CC(C)CCNC(=O)[C@@H](c1cccnc1)N(Cc1cccs1)C(=O)Cn1nnc2ccccc21. The van der Waals surface area contributed by atoms with Gasteiger partial charge in [-0.05, 0) is 42.0 Å². The van der Waals surface area contributed by atoms with Gasteiger partial charge in [-0.2, -0.15) is 0 Å². The van der Waals surface area contributed by atoms with Gasteiger partial charge in [0.15, 0.2) is 0 Å². The predicted molar refractivity (Wildman–Crippen MR) is 132 cm³/mol. The Morgan fingerprint density at radius 3 is 2.71 bits per heavy atom. The number of carbonyl (C=O) groups excluding carboxylic acids is 2. The van der Waals surface area contributed by atoms with E-state index in [1.165, 1.54) is 0 Å². The molecule has 2 amide bonds. The van der Waals surface area contributed by atoms with E-state index in [1.54, 1.807) is 39.4 Å². The molecule has 0 unspecified atom stereocenters. The van der Waals surface area contributed by atoms with Gasteiger partial charge in [-0.25, -0.2) is 4.68 Å². The molecule has 8 nitrogen and oxygen atoms in total. The molecular formula is C25H28N6O2S. The van der Waals surface area contributed by atoms with E-state index in [0.717, 1.165) is 22.3 Å². The van der Waals surface area contributed by atoms with Gasteiger partial charge in [-0.15, -0.1) is 16.4 Å². The third-order valence-corrected chi connectivity index (χ3v) is 6.37. The topological polar surface area (TPSA) is 93.0 Å². The molecule has 0 aliphatic carbocycles. The summed E-state index contributed by atoms with van der Waals surface area (Å²) >= 11 is 1.55. The first-order valence-corrected chi connectivity index (χ1v) is 12.2. The fraction of sp³-hybridized carbons (Fsp3) is 0.320. The number of nitrogens with zero attached hydrogens (tertiary/aromatic N) is 5. The maximum Gasteiger partial charge on any atom is 0.247 e. The van der Waals surface area contributed by atoms with Crippen molar-refractivity contribution in [1.29, 1.82) is 0 Å². The number of aromatic nitrogens is 4. The highest BCUT2D eigenvalue weighted by molar-refractivity contribution is 7.09. The van der Waals surface area contributed by atoms with Crippen LogP contribution < -0.4 is 5.32 Å². The zero-order valence-corrected chi connectivity index (χ0v) is 20.1. The Bertz CT molecular complexity index is 1220. The summed E-state index contributed by atoms with van der Waals surface area (Å²) in [4.78, 5) is 34.0. The average Bonchev–Trinajstić information content (AvgIpc) is 3.49. The maximum absolute atomic E-state index is 13.7. The number of nitrogens with one attached hydrogen (secondary N) is 1. The van der Waals surface area contributed by atoms with Gasteiger partial charge in [0, 0.05) is 29.4 Å². The van der Waals surface area contributed by atoms with Crippen LogP contribution in [0.2, 0.25) is 0 Å². The van der Waals surface area contributed by atoms with Gasteiger partial charge in [0.2, 0.25) is 11.8 Å². The summed E-state index contributed by atoms with van der Waals surface area (Å²) in [5, 5.41) is 13.3. The third-order valence-electron chi connectivity index (χ3n) is 5.51. The van der Waals surface area contributed by atoms with E-state index < -0.39 is 6.04 Å². The Kier molecular flexibility index (Phi) is 7.64. The maximum atomic E-state index is 13.7. The molecule has 176 valence electrons. The second-order valence-electron chi connectivity index (χ2n) is 8.50. The van der Waals surface area contributed by atoms with E-state index >= 15 is 0 Å². The van der Waals surface area contributed by atoms with E-state index in [-0.39, 0.29) is 18.4 Å². The number of benzene rings is 1. The Hall–Kier alpha value is -3.59. The number of amides is 2. The molecule has 0 bridgehead atoms. The van der Waals surface area contributed by atoms with Gasteiger partial charge >= 0.3 is 0 Å². The molecule has 0 aliphatic heterocycles. The number of rotatable bonds is 10. The number of thiophene rings is 1. The fourth-order valence-electron chi connectivity index (χ4n) is 3.74. The summed E-state index contributed by atoms with van der Waals surface area (Å²) in [5.74, 6) is 0.0144. The van der Waals surface area contributed by atoms with Crippen molar-refractivity contribution in [3.8, 4) is 0 Å². The molecule has 0 aliphatic rings. The minimum atomic E-state index is -0.815. The zero-order valence-electron chi connectivity index (χ0n) is 19.3. The monoisotopic (exact) mass is 476 g/mol. The molecule has 3 aromatic heterocycles. The Labute approximate surface area is 202 Å². The second-order valence-corrected chi connectivity index (χ2v) is 9.53. The van der Waals surface area contributed by atoms with E-state index in [9.17, 15) is 9.59 Å². The number of para-hydroxylation sites is 1. The average molecular weight is 477 g/mol. The fourth-order valence-corrected chi connectivity index (χ4v) is 4.44. The molecule has 1 atom stereocenters. The number of pyridine rings is 1. The molecule has 9 heteroatoms. The van der Waals surface area contributed by atoms with Gasteiger partial charge in [-0.1, -0.05) is 43.3 Å². The van der Waals surface area contributed by atoms with E-state index in [1.807, 2.05) is 47.8 Å². The van der Waals surface area contributed by atoms with Gasteiger partial charge in [0.05, 0.1) is 12.1 Å². The van der Waals surface area contributed by atoms with Crippen LogP contribution in [0.15, 0.2) is 66.3 Å². The van der Waals surface area contributed by atoms with Crippen molar-refractivity contribution in [2.75, 3.05) is 6.54 Å². The van der Waals surface area contributed by atoms with Crippen LogP contribution in [-0.4, -0.2) is 43.2 Å². The lowest BCUT2D eigenvalue weighted by atomic mass is 10.1. The standard InChI is InChI=1S/C25H28N6O2S/c1-18(2)11-13-27-25(33)24(19-7-5-12-26-15-19)30(16-20-8-6-14-34-20)23(32)17-31-22-10-4-3-9-21(22)28-29-31/h3-10,12,14-15,18,24H,11,13,16-17H2,1-2H3,(H,27,33)/t24-/m1/s1. The van der Waals surface area contributed by atoms with Crippen molar-refractivity contribution < 1.29 is 9.59 Å². The Balaban J connectivity index is 1.66. The van der Waals surface area contributed by atoms with Crippen LogP contribution in [0.25, 0.3) is 11.0 Å². The summed E-state index contributed by atoms with van der Waals surface area (Å²) in [7, 11) is 0. The molecule has 0 fully saturated rings. The van der Waals surface area contributed by atoms with Gasteiger partial charge in [0.1, 0.15) is 18.1 Å². The lowest BCUT2D eigenvalue weighted by Gasteiger charge is -2.31. The molecule has 0 spiro atoms. The van der Waals surface area contributed by atoms with Crippen LogP contribution in [-0.2, 0) is 22.7 Å². The quantitative estimate of drug-likeness (QED) is 0.376. The highest BCUT2D eigenvalue weighted by Crippen LogP contribution is 2.25. The van der Waals surface area contributed by atoms with E-state index in [4.69, 9.17) is 0 Å². The van der Waals surface area contributed by atoms with Crippen molar-refractivity contribution in [2.45, 2.75) is 39.4 Å². The zero-order chi connectivity index (χ0) is 23.9. The Morgan fingerprint density at radius 2 is 1.97 bits per heavy atom. The molecule has 0 saturated carbocycles. The first kappa shape index (κ1) is 23.6. The van der Waals surface area contributed by atoms with Gasteiger partial charge < -0.3 is 10.2 Å². The first-order chi connectivity index (χ1) is 16.5. The number of hydrogen-bond acceptors (Lipinski definition) is 6. The van der Waals surface area contributed by atoms with E-state index in [0.29, 0.717) is 24.6 Å². The van der Waals surface area contributed by atoms with Crippen LogP contribution in [0.5, 0.6) is 0 Å². The normalized spacial score (nSPS) is 12.1. The molecular weight excluding hydrogens is 448 g/mol. The molecule has 4 rings (SSSR count). The molecule has 3 heterocycles. The summed E-state index contributed by atoms with van der Waals surface area (Å²) in [6.45, 7) is 5.05. The second kappa shape index (κ2) is 11.0. The molecule has 0 saturated heterocycles. The van der Waals surface area contributed by atoms with Crippen LogP contribution in [0.1, 0.15) is 36.8 Å². The van der Waals surface area contributed by atoms with Crippen LogP contribution in [0, 0.1) is 5.92 Å². The third kappa shape index (κ3) is 5.66. The predicted octanol–water partition coefficient (Wildman–Crippen LogP) is 3.82. The van der Waals surface area contributed by atoms with Crippen molar-refractivity contribution in [1.82, 2.24) is 30.2 Å². The Morgan fingerprint density at radius 1 is 1.12 bits per heavy atom. The van der Waals surface area contributed by atoms with Crippen molar-refractivity contribution in [3.63, 3.8) is 0 Å².